The molecule has 16 heavy (non-hydrogen) atoms. The molecule has 0 aliphatic rings. The average Bonchev–Trinajstić information content (AvgIpc) is 2.24. The second kappa shape index (κ2) is 7.22. The molecule has 0 aromatic heterocycles. The molecule has 0 unspecified atom stereocenters. The van der Waals surface area contributed by atoms with Crippen molar-refractivity contribution in [3.05, 3.63) is 0 Å². The molecule has 0 aliphatic heterocycles. The van der Waals surface area contributed by atoms with Gasteiger partial charge in [0.05, 0.1) is 12.0 Å². The lowest BCUT2D eigenvalue weighted by Crippen LogP contribution is -2.44. The monoisotopic (exact) mass is 229 g/mol. The number of rotatable bonds is 7. The molecular formula is C11H23N3O2. The van der Waals surface area contributed by atoms with Crippen LogP contribution in [0.15, 0.2) is 0 Å². The number of nitrogens with one attached hydrogen (secondary N) is 3. The first-order valence-corrected chi connectivity index (χ1v) is 5.63. The Morgan fingerprint density at radius 3 is 2.38 bits per heavy atom. The van der Waals surface area contributed by atoms with Gasteiger partial charge in [-0.05, 0) is 20.3 Å². The minimum atomic E-state index is -0.500. The lowest BCUT2D eigenvalue weighted by molar-refractivity contribution is -0.129. The van der Waals surface area contributed by atoms with E-state index in [1.54, 1.807) is 7.05 Å². The largest absolute Gasteiger partial charge is 0.359 e. The van der Waals surface area contributed by atoms with Crippen LogP contribution in [0.3, 0.4) is 0 Å². The molecule has 0 atom stereocenters. The van der Waals surface area contributed by atoms with Crippen LogP contribution in [-0.2, 0) is 9.59 Å². The Balaban J connectivity index is 3.80. The fourth-order valence-electron chi connectivity index (χ4n) is 1.23. The number of amides is 2. The summed E-state index contributed by atoms with van der Waals surface area (Å²) in [6.45, 7) is 7.10. The topological polar surface area (TPSA) is 70.2 Å². The quantitative estimate of drug-likeness (QED) is 0.570. The summed E-state index contributed by atoms with van der Waals surface area (Å²) in [6.07, 6.45) is 0.926. The fraction of sp³-hybridized carbons (Fsp3) is 0.818. The van der Waals surface area contributed by atoms with Gasteiger partial charge in [-0.25, -0.2) is 0 Å². The zero-order valence-electron chi connectivity index (χ0n) is 10.6. The highest BCUT2D eigenvalue weighted by Crippen LogP contribution is 2.12. The third-order valence-corrected chi connectivity index (χ3v) is 2.27. The van der Waals surface area contributed by atoms with E-state index < -0.39 is 5.41 Å². The van der Waals surface area contributed by atoms with Crippen LogP contribution in [-0.4, -0.2) is 38.5 Å². The van der Waals surface area contributed by atoms with Crippen LogP contribution in [0.5, 0.6) is 0 Å². The van der Waals surface area contributed by atoms with Gasteiger partial charge in [-0.1, -0.05) is 6.92 Å². The minimum Gasteiger partial charge on any atom is -0.359 e. The highest BCUT2D eigenvalue weighted by molar-refractivity contribution is 5.82. The Labute approximate surface area is 97.4 Å². The molecule has 0 aliphatic carbocycles. The van der Waals surface area contributed by atoms with E-state index in [0.717, 1.165) is 6.42 Å². The van der Waals surface area contributed by atoms with Gasteiger partial charge in [0.15, 0.2) is 0 Å². The number of hydrogen-bond acceptors (Lipinski definition) is 3. The van der Waals surface area contributed by atoms with E-state index in [4.69, 9.17) is 0 Å². The van der Waals surface area contributed by atoms with E-state index in [2.05, 4.69) is 16.0 Å². The molecule has 0 bridgehead atoms. The lowest BCUT2D eigenvalue weighted by Gasteiger charge is -2.22. The van der Waals surface area contributed by atoms with E-state index >= 15 is 0 Å². The molecule has 0 spiro atoms. The third-order valence-electron chi connectivity index (χ3n) is 2.27. The van der Waals surface area contributed by atoms with Gasteiger partial charge in [0.1, 0.15) is 0 Å². The SMILES string of the molecule is CCCNC(=O)CNCC(C)(C)C(=O)NC. The van der Waals surface area contributed by atoms with Crippen molar-refractivity contribution in [2.75, 3.05) is 26.7 Å². The normalized spacial score (nSPS) is 11.0. The summed E-state index contributed by atoms with van der Waals surface area (Å²) in [5.74, 6) is -0.0662. The molecule has 3 N–H and O–H groups in total. The van der Waals surface area contributed by atoms with Crippen LogP contribution in [0.4, 0.5) is 0 Å². The summed E-state index contributed by atoms with van der Waals surface area (Å²) >= 11 is 0. The van der Waals surface area contributed by atoms with Gasteiger partial charge in [-0.2, -0.15) is 0 Å². The summed E-state index contributed by atoms with van der Waals surface area (Å²) in [5, 5.41) is 8.33. The highest BCUT2D eigenvalue weighted by atomic mass is 16.2. The summed E-state index contributed by atoms with van der Waals surface area (Å²) in [6, 6.07) is 0. The maximum absolute atomic E-state index is 11.4. The smallest absolute Gasteiger partial charge is 0.233 e. The summed E-state index contributed by atoms with van der Waals surface area (Å²) in [4.78, 5) is 22.7. The second-order valence-electron chi connectivity index (χ2n) is 4.42. The summed E-state index contributed by atoms with van der Waals surface area (Å²) < 4.78 is 0. The van der Waals surface area contributed by atoms with E-state index in [0.29, 0.717) is 13.1 Å². The molecule has 0 aromatic rings. The Bertz CT molecular complexity index is 239. The Morgan fingerprint density at radius 2 is 1.88 bits per heavy atom. The van der Waals surface area contributed by atoms with Crippen LogP contribution in [0.2, 0.25) is 0 Å². The van der Waals surface area contributed by atoms with E-state index in [1.165, 1.54) is 0 Å². The number of carbonyl (C=O) groups excluding carboxylic acids is 2. The molecule has 2 amide bonds. The first-order chi connectivity index (χ1) is 7.44. The van der Waals surface area contributed by atoms with Crippen LogP contribution in [0.1, 0.15) is 27.2 Å². The number of hydrogen-bond donors (Lipinski definition) is 3. The van der Waals surface area contributed by atoms with Crippen molar-refractivity contribution in [3.8, 4) is 0 Å². The molecule has 5 nitrogen and oxygen atoms in total. The van der Waals surface area contributed by atoms with E-state index in [9.17, 15) is 9.59 Å². The molecule has 94 valence electrons. The van der Waals surface area contributed by atoms with Crippen LogP contribution in [0.25, 0.3) is 0 Å². The van der Waals surface area contributed by atoms with Crippen LogP contribution >= 0.6 is 0 Å². The molecule has 0 aromatic carbocycles. The zero-order valence-corrected chi connectivity index (χ0v) is 10.6. The Morgan fingerprint density at radius 1 is 1.25 bits per heavy atom. The van der Waals surface area contributed by atoms with E-state index in [-0.39, 0.29) is 18.4 Å². The minimum absolute atomic E-state index is 0.0328. The van der Waals surface area contributed by atoms with Crippen molar-refractivity contribution in [2.45, 2.75) is 27.2 Å². The lowest BCUT2D eigenvalue weighted by atomic mass is 9.92. The molecule has 0 heterocycles. The Kier molecular flexibility index (Phi) is 6.72. The van der Waals surface area contributed by atoms with Gasteiger partial charge < -0.3 is 16.0 Å². The molecule has 5 heteroatoms. The van der Waals surface area contributed by atoms with Crippen molar-refractivity contribution in [3.63, 3.8) is 0 Å². The van der Waals surface area contributed by atoms with Gasteiger partial charge in [0.2, 0.25) is 11.8 Å². The molecule has 0 saturated heterocycles. The van der Waals surface area contributed by atoms with Crippen molar-refractivity contribution in [1.82, 2.24) is 16.0 Å². The average molecular weight is 229 g/mol. The van der Waals surface area contributed by atoms with Crippen LogP contribution in [0, 0.1) is 5.41 Å². The van der Waals surface area contributed by atoms with Gasteiger partial charge >= 0.3 is 0 Å². The predicted octanol–water partition coefficient (Wildman–Crippen LogP) is -0.126. The molecule has 0 radical (unpaired) electrons. The van der Waals surface area contributed by atoms with Gasteiger partial charge in [-0.3, -0.25) is 9.59 Å². The fourth-order valence-corrected chi connectivity index (χ4v) is 1.23. The van der Waals surface area contributed by atoms with Gasteiger partial charge in [-0.15, -0.1) is 0 Å². The zero-order chi connectivity index (χ0) is 12.6. The molecule has 0 rings (SSSR count). The number of carbonyl (C=O) groups is 2. The predicted molar refractivity (Wildman–Crippen MR) is 64.0 cm³/mol. The molecular weight excluding hydrogens is 206 g/mol. The van der Waals surface area contributed by atoms with Crippen molar-refractivity contribution in [1.29, 1.82) is 0 Å². The maximum Gasteiger partial charge on any atom is 0.233 e. The van der Waals surface area contributed by atoms with E-state index in [1.807, 2.05) is 20.8 Å². The van der Waals surface area contributed by atoms with Gasteiger partial charge in [0.25, 0.3) is 0 Å². The summed E-state index contributed by atoms with van der Waals surface area (Å²) in [7, 11) is 1.61. The highest BCUT2D eigenvalue weighted by Gasteiger charge is 2.25. The summed E-state index contributed by atoms with van der Waals surface area (Å²) in [5.41, 5.74) is -0.500. The standard InChI is InChI=1S/C11H23N3O2/c1-5-6-14-9(15)7-13-8-11(2,3)10(16)12-4/h13H,5-8H2,1-4H3,(H,12,16)(H,14,15). The Hall–Kier alpha value is -1.10. The van der Waals surface area contributed by atoms with Gasteiger partial charge in [0, 0.05) is 20.1 Å². The first kappa shape index (κ1) is 14.9. The second-order valence-corrected chi connectivity index (χ2v) is 4.42. The third kappa shape index (κ3) is 5.70. The van der Waals surface area contributed by atoms with Crippen molar-refractivity contribution < 1.29 is 9.59 Å². The first-order valence-electron chi connectivity index (χ1n) is 5.63. The maximum atomic E-state index is 11.4. The van der Waals surface area contributed by atoms with Crippen LogP contribution < -0.4 is 16.0 Å². The van der Waals surface area contributed by atoms with Crippen molar-refractivity contribution in [2.24, 2.45) is 5.41 Å². The van der Waals surface area contributed by atoms with Crippen molar-refractivity contribution >= 4 is 11.8 Å². The molecule has 0 fully saturated rings. The molecule has 0 saturated carbocycles.